The predicted octanol–water partition coefficient (Wildman–Crippen LogP) is 4.48. The number of ether oxygens (including phenoxy) is 2. The molecule has 3 aromatic rings. The van der Waals surface area contributed by atoms with Gasteiger partial charge in [0, 0.05) is 12.1 Å². The molecule has 0 unspecified atom stereocenters. The van der Waals surface area contributed by atoms with Gasteiger partial charge in [0.1, 0.15) is 0 Å². The maximum Gasteiger partial charge on any atom is 0.243 e. The van der Waals surface area contributed by atoms with Crippen LogP contribution in [0.4, 0.5) is 0 Å². The second-order valence-corrected chi connectivity index (χ2v) is 9.58. The van der Waals surface area contributed by atoms with Gasteiger partial charge in [0.15, 0.2) is 11.5 Å². The van der Waals surface area contributed by atoms with E-state index in [-0.39, 0.29) is 17.3 Å². The molecule has 3 rings (SSSR count). The molecule has 0 aliphatic carbocycles. The van der Waals surface area contributed by atoms with Gasteiger partial charge in [-0.05, 0) is 48.2 Å². The van der Waals surface area contributed by atoms with E-state index >= 15 is 0 Å². The van der Waals surface area contributed by atoms with Crippen LogP contribution in [0.5, 0.6) is 11.5 Å². The number of nitrogens with zero attached hydrogens (tertiary/aromatic N) is 3. The summed E-state index contributed by atoms with van der Waals surface area (Å²) in [6, 6.07) is 12.3. The van der Waals surface area contributed by atoms with Gasteiger partial charge in [-0.25, -0.2) is 8.42 Å². The zero-order valence-corrected chi connectivity index (χ0v) is 19.8. The first kappa shape index (κ1) is 23.7. The Bertz CT molecular complexity index is 1140. The van der Waals surface area contributed by atoms with E-state index in [2.05, 4.69) is 24.0 Å². The van der Waals surface area contributed by atoms with Crippen LogP contribution in [-0.2, 0) is 16.6 Å². The zero-order valence-electron chi connectivity index (χ0n) is 19.0. The van der Waals surface area contributed by atoms with Gasteiger partial charge in [0.25, 0.3) is 0 Å². The van der Waals surface area contributed by atoms with Gasteiger partial charge in [0.2, 0.25) is 21.7 Å². The molecule has 0 aliphatic rings. The van der Waals surface area contributed by atoms with Crippen LogP contribution in [0.1, 0.15) is 44.6 Å². The highest BCUT2D eigenvalue weighted by atomic mass is 32.2. The summed E-state index contributed by atoms with van der Waals surface area (Å²) < 4.78 is 43.8. The minimum absolute atomic E-state index is 0.0115. The third kappa shape index (κ3) is 5.11. The summed E-state index contributed by atoms with van der Waals surface area (Å²) in [5.41, 5.74) is 1.76. The number of hydrogen-bond donors (Lipinski definition) is 0. The van der Waals surface area contributed by atoms with Crippen LogP contribution in [0.2, 0.25) is 0 Å². The standard InChI is InChI=1S/C23H29N3O5S/c1-6-13-26(32(27,28)19-10-7-17(8-11-19)16(2)3)15-22-24-23(25-31-22)18-9-12-20(29-4)21(14-18)30-5/h7-12,14,16H,6,13,15H2,1-5H3. The second-order valence-electron chi connectivity index (χ2n) is 7.64. The van der Waals surface area contributed by atoms with Crippen molar-refractivity contribution >= 4 is 10.0 Å². The molecule has 0 saturated heterocycles. The van der Waals surface area contributed by atoms with Crippen LogP contribution >= 0.6 is 0 Å². The van der Waals surface area contributed by atoms with Crippen LogP contribution in [0, 0.1) is 0 Å². The third-order valence-electron chi connectivity index (χ3n) is 5.08. The highest BCUT2D eigenvalue weighted by molar-refractivity contribution is 7.89. The molecule has 0 atom stereocenters. The van der Waals surface area contributed by atoms with Gasteiger partial charge in [-0.3, -0.25) is 0 Å². The molecule has 1 aromatic heterocycles. The van der Waals surface area contributed by atoms with E-state index in [1.165, 1.54) is 4.31 Å². The fraction of sp³-hybridized carbons (Fsp3) is 0.391. The largest absolute Gasteiger partial charge is 0.493 e. The number of hydrogen-bond acceptors (Lipinski definition) is 7. The Morgan fingerprint density at radius 3 is 2.31 bits per heavy atom. The van der Waals surface area contributed by atoms with Gasteiger partial charge in [-0.15, -0.1) is 0 Å². The molecule has 32 heavy (non-hydrogen) atoms. The Morgan fingerprint density at radius 2 is 1.72 bits per heavy atom. The maximum absolute atomic E-state index is 13.2. The average molecular weight is 460 g/mol. The monoisotopic (exact) mass is 459 g/mol. The summed E-state index contributed by atoms with van der Waals surface area (Å²) in [7, 11) is -0.605. The van der Waals surface area contributed by atoms with Crippen molar-refractivity contribution in [3.8, 4) is 22.9 Å². The fourth-order valence-electron chi connectivity index (χ4n) is 3.27. The van der Waals surface area contributed by atoms with E-state index < -0.39 is 10.0 Å². The minimum atomic E-state index is -3.71. The molecule has 0 spiro atoms. The summed E-state index contributed by atoms with van der Waals surface area (Å²) in [5.74, 6) is 2.01. The normalized spacial score (nSPS) is 11.8. The molecule has 172 valence electrons. The number of aromatic nitrogens is 2. The molecule has 0 aliphatic heterocycles. The van der Waals surface area contributed by atoms with Crippen molar-refractivity contribution in [3.05, 3.63) is 53.9 Å². The Hall–Kier alpha value is -2.91. The minimum Gasteiger partial charge on any atom is -0.493 e. The average Bonchev–Trinajstić information content (AvgIpc) is 3.27. The van der Waals surface area contributed by atoms with Crippen molar-refractivity contribution in [2.24, 2.45) is 0 Å². The van der Waals surface area contributed by atoms with E-state index in [9.17, 15) is 8.42 Å². The molecule has 0 amide bonds. The first-order chi connectivity index (χ1) is 15.3. The molecule has 0 radical (unpaired) electrons. The van der Waals surface area contributed by atoms with Crippen molar-refractivity contribution in [2.45, 2.75) is 44.6 Å². The van der Waals surface area contributed by atoms with Crippen LogP contribution in [0.3, 0.4) is 0 Å². The Balaban J connectivity index is 1.85. The number of sulfonamides is 1. The van der Waals surface area contributed by atoms with Crippen molar-refractivity contribution in [2.75, 3.05) is 20.8 Å². The summed E-state index contributed by atoms with van der Waals surface area (Å²) in [6.45, 7) is 6.38. The van der Waals surface area contributed by atoms with Gasteiger partial charge < -0.3 is 14.0 Å². The molecule has 9 heteroatoms. The number of methoxy groups -OCH3 is 2. The summed E-state index contributed by atoms with van der Waals surface area (Å²) in [5, 5.41) is 4.01. The van der Waals surface area contributed by atoms with Crippen LogP contribution in [0.25, 0.3) is 11.4 Å². The quantitative estimate of drug-likeness (QED) is 0.441. The van der Waals surface area contributed by atoms with E-state index in [4.69, 9.17) is 14.0 Å². The summed E-state index contributed by atoms with van der Waals surface area (Å²) in [4.78, 5) is 4.64. The van der Waals surface area contributed by atoms with Crippen molar-refractivity contribution in [1.82, 2.24) is 14.4 Å². The highest BCUT2D eigenvalue weighted by Crippen LogP contribution is 2.31. The first-order valence-corrected chi connectivity index (χ1v) is 11.9. The number of rotatable bonds is 10. The van der Waals surface area contributed by atoms with Gasteiger partial charge >= 0.3 is 0 Å². The van der Waals surface area contributed by atoms with E-state index in [1.54, 1.807) is 44.6 Å². The molecule has 2 aromatic carbocycles. The maximum atomic E-state index is 13.2. The molecule has 8 nitrogen and oxygen atoms in total. The van der Waals surface area contributed by atoms with Crippen LogP contribution < -0.4 is 9.47 Å². The molecule has 0 fully saturated rings. The predicted molar refractivity (Wildman–Crippen MR) is 121 cm³/mol. The highest BCUT2D eigenvalue weighted by Gasteiger charge is 2.26. The second kappa shape index (κ2) is 10.1. The molecule has 1 heterocycles. The van der Waals surface area contributed by atoms with Crippen molar-refractivity contribution < 1.29 is 22.4 Å². The zero-order chi connectivity index (χ0) is 23.3. The molecule has 0 bridgehead atoms. The molecular weight excluding hydrogens is 430 g/mol. The van der Waals surface area contributed by atoms with Crippen LogP contribution in [-0.4, -0.2) is 43.6 Å². The summed E-state index contributed by atoms with van der Waals surface area (Å²) >= 11 is 0. The topological polar surface area (TPSA) is 94.8 Å². The van der Waals surface area contributed by atoms with E-state index in [0.717, 1.165) is 5.56 Å². The Labute approximate surface area is 189 Å². The Morgan fingerprint density at radius 1 is 1.03 bits per heavy atom. The molecule has 0 N–H and O–H groups in total. The molecular formula is C23H29N3O5S. The summed E-state index contributed by atoms with van der Waals surface area (Å²) in [6.07, 6.45) is 0.653. The van der Waals surface area contributed by atoms with Crippen LogP contribution in [0.15, 0.2) is 51.9 Å². The lowest BCUT2D eigenvalue weighted by atomic mass is 10.0. The van der Waals surface area contributed by atoms with E-state index in [1.807, 2.05) is 19.1 Å². The SMILES string of the molecule is CCCN(Cc1nc(-c2ccc(OC)c(OC)c2)no1)S(=O)(=O)c1ccc(C(C)C)cc1. The van der Waals surface area contributed by atoms with Gasteiger partial charge in [-0.2, -0.15) is 9.29 Å². The van der Waals surface area contributed by atoms with E-state index in [0.29, 0.717) is 41.8 Å². The Kier molecular flexibility index (Phi) is 7.52. The first-order valence-electron chi connectivity index (χ1n) is 10.4. The molecule has 0 saturated carbocycles. The fourth-order valence-corrected chi connectivity index (χ4v) is 4.75. The lowest BCUT2D eigenvalue weighted by molar-refractivity contribution is 0.315. The number of benzene rings is 2. The van der Waals surface area contributed by atoms with Crippen molar-refractivity contribution in [1.29, 1.82) is 0 Å². The lowest BCUT2D eigenvalue weighted by Gasteiger charge is -2.20. The van der Waals surface area contributed by atoms with Gasteiger partial charge in [-0.1, -0.05) is 38.1 Å². The smallest absolute Gasteiger partial charge is 0.243 e. The lowest BCUT2D eigenvalue weighted by Crippen LogP contribution is -2.31. The third-order valence-corrected chi connectivity index (χ3v) is 6.94. The van der Waals surface area contributed by atoms with Gasteiger partial charge in [0.05, 0.1) is 25.7 Å². The van der Waals surface area contributed by atoms with Crippen molar-refractivity contribution in [3.63, 3.8) is 0 Å².